The number of anilines is 1. The van der Waals surface area contributed by atoms with E-state index < -0.39 is 23.9 Å². The Bertz CT molecular complexity index is 721. The molecular weight excluding hydrogens is 353 g/mol. The lowest BCUT2D eigenvalue weighted by molar-refractivity contribution is -0.137. The van der Waals surface area contributed by atoms with Gasteiger partial charge < -0.3 is 15.7 Å². The largest absolute Gasteiger partial charge is 0.416 e. The third-order valence-electron chi connectivity index (χ3n) is 3.40. The van der Waals surface area contributed by atoms with Gasteiger partial charge in [-0.3, -0.25) is 0 Å². The van der Waals surface area contributed by atoms with Gasteiger partial charge in [0.05, 0.1) is 11.7 Å². The normalized spacial score (nSPS) is 12.5. The Balaban J connectivity index is 1.89. The van der Waals surface area contributed by atoms with E-state index in [0.29, 0.717) is 5.56 Å². The summed E-state index contributed by atoms with van der Waals surface area (Å²) in [7, 11) is 0. The second kappa shape index (κ2) is 8.26. The lowest BCUT2D eigenvalue weighted by Gasteiger charge is -2.14. The molecule has 4 nitrogen and oxygen atoms in total. The minimum atomic E-state index is -4.48. The van der Waals surface area contributed by atoms with Gasteiger partial charge in [0.15, 0.2) is 0 Å². The van der Waals surface area contributed by atoms with E-state index >= 15 is 0 Å². The van der Waals surface area contributed by atoms with E-state index in [0.717, 1.165) is 17.0 Å². The molecule has 0 aliphatic heterocycles. The SMILES string of the molecule is CSc1ccc(C(O)CNC(=O)Nc2cccc(C(F)(F)F)c2)cc1. The van der Waals surface area contributed by atoms with Gasteiger partial charge >= 0.3 is 12.2 Å². The van der Waals surface area contributed by atoms with Crippen LogP contribution < -0.4 is 10.6 Å². The molecule has 25 heavy (non-hydrogen) atoms. The molecular formula is C17H17F3N2O2S. The molecule has 0 heterocycles. The molecule has 2 aromatic carbocycles. The summed E-state index contributed by atoms with van der Waals surface area (Å²) in [6, 6.07) is 10.8. The van der Waals surface area contributed by atoms with Gasteiger partial charge in [-0.1, -0.05) is 18.2 Å². The van der Waals surface area contributed by atoms with E-state index in [-0.39, 0.29) is 12.2 Å². The number of thioether (sulfide) groups is 1. The molecule has 0 aliphatic carbocycles. The molecule has 0 saturated heterocycles. The van der Waals surface area contributed by atoms with E-state index in [1.165, 1.54) is 12.1 Å². The van der Waals surface area contributed by atoms with Crippen molar-refractivity contribution in [2.45, 2.75) is 17.2 Å². The van der Waals surface area contributed by atoms with Gasteiger partial charge in [0.25, 0.3) is 0 Å². The monoisotopic (exact) mass is 370 g/mol. The van der Waals surface area contributed by atoms with Crippen molar-refractivity contribution in [1.82, 2.24) is 5.32 Å². The Kier molecular flexibility index (Phi) is 6.33. The highest BCUT2D eigenvalue weighted by Gasteiger charge is 2.30. The number of amides is 2. The van der Waals surface area contributed by atoms with Crippen LogP contribution in [0.25, 0.3) is 0 Å². The maximum Gasteiger partial charge on any atom is 0.416 e. The highest BCUT2D eigenvalue weighted by atomic mass is 32.2. The van der Waals surface area contributed by atoms with E-state index in [9.17, 15) is 23.1 Å². The fraction of sp³-hybridized carbons (Fsp3) is 0.235. The fourth-order valence-corrected chi connectivity index (χ4v) is 2.49. The number of urea groups is 1. The summed E-state index contributed by atoms with van der Waals surface area (Å²) in [6.07, 6.45) is -3.46. The maximum absolute atomic E-state index is 12.6. The number of hydrogen-bond acceptors (Lipinski definition) is 3. The topological polar surface area (TPSA) is 61.4 Å². The first-order valence-corrected chi connectivity index (χ1v) is 8.56. The summed E-state index contributed by atoms with van der Waals surface area (Å²) >= 11 is 1.57. The van der Waals surface area contributed by atoms with E-state index in [2.05, 4.69) is 10.6 Å². The minimum Gasteiger partial charge on any atom is -0.387 e. The first-order chi connectivity index (χ1) is 11.8. The molecule has 1 unspecified atom stereocenters. The average Bonchev–Trinajstić information content (AvgIpc) is 2.59. The molecule has 0 fully saturated rings. The van der Waals surface area contributed by atoms with Gasteiger partial charge in [0.1, 0.15) is 0 Å². The lowest BCUT2D eigenvalue weighted by Crippen LogP contribution is -2.32. The second-order valence-electron chi connectivity index (χ2n) is 5.20. The van der Waals surface area contributed by atoms with E-state index in [1.807, 2.05) is 18.4 Å². The zero-order valence-corrected chi connectivity index (χ0v) is 14.1. The number of hydrogen-bond donors (Lipinski definition) is 3. The number of carbonyl (C=O) groups is 1. The molecule has 0 aliphatic rings. The Morgan fingerprint density at radius 3 is 2.48 bits per heavy atom. The Labute approximate surface area is 147 Å². The van der Waals surface area contributed by atoms with E-state index in [4.69, 9.17) is 0 Å². The van der Waals surface area contributed by atoms with Crippen LogP contribution in [0.15, 0.2) is 53.4 Å². The Morgan fingerprint density at radius 2 is 1.88 bits per heavy atom. The predicted molar refractivity (Wildman–Crippen MR) is 91.6 cm³/mol. The van der Waals surface area contributed by atoms with Gasteiger partial charge in [0.2, 0.25) is 0 Å². The third kappa shape index (κ3) is 5.68. The summed E-state index contributed by atoms with van der Waals surface area (Å²) < 4.78 is 37.9. The zero-order valence-electron chi connectivity index (χ0n) is 13.3. The van der Waals surface area contributed by atoms with Crippen molar-refractivity contribution < 1.29 is 23.1 Å². The van der Waals surface area contributed by atoms with Crippen LogP contribution in [0.2, 0.25) is 0 Å². The molecule has 0 radical (unpaired) electrons. The van der Waals surface area contributed by atoms with Crippen LogP contribution in [-0.4, -0.2) is 23.9 Å². The van der Waals surface area contributed by atoms with Crippen LogP contribution in [0.3, 0.4) is 0 Å². The van der Waals surface area contributed by atoms with Gasteiger partial charge in [-0.05, 0) is 42.2 Å². The van der Waals surface area contributed by atoms with Gasteiger partial charge in [-0.15, -0.1) is 11.8 Å². The molecule has 8 heteroatoms. The third-order valence-corrected chi connectivity index (χ3v) is 4.15. The summed E-state index contributed by atoms with van der Waals surface area (Å²) in [5, 5.41) is 14.8. The number of carbonyl (C=O) groups excluding carboxylic acids is 1. The quantitative estimate of drug-likeness (QED) is 0.689. The van der Waals surface area contributed by atoms with Gasteiger partial charge in [0, 0.05) is 17.1 Å². The summed E-state index contributed by atoms with van der Waals surface area (Å²) in [5.74, 6) is 0. The van der Waals surface area contributed by atoms with Crippen molar-refractivity contribution >= 4 is 23.5 Å². The molecule has 0 bridgehead atoms. The average molecular weight is 370 g/mol. The molecule has 2 amide bonds. The summed E-state index contributed by atoms with van der Waals surface area (Å²) in [4.78, 5) is 12.8. The number of alkyl halides is 3. The number of aliphatic hydroxyl groups excluding tert-OH is 1. The molecule has 3 N–H and O–H groups in total. The highest BCUT2D eigenvalue weighted by Crippen LogP contribution is 2.30. The van der Waals surface area contributed by atoms with Crippen LogP contribution in [0, 0.1) is 0 Å². The molecule has 2 aromatic rings. The van der Waals surface area contributed by atoms with Gasteiger partial charge in [-0.2, -0.15) is 13.2 Å². The van der Waals surface area contributed by atoms with Crippen molar-refractivity contribution in [3.8, 4) is 0 Å². The Hall–Kier alpha value is -2.19. The number of rotatable bonds is 5. The molecule has 0 spiro atoms. The lowest BCUT2D eigenvalue weighted by atomic mass is 10.1. The second-order valence-corrected chi connectivity index (χ2v) is 6.08. The molecule has 0 aromatic heterocycles. The van der Waals surface area contributed by atoms with Crippen molar-refractivity contribution in [2.75, 3.05) is 18.1 Å². The minimum absolute atomic E-state index is 0.0196. The zero-order chi connectivity index (χ0) is 18.4. The smallest absolute Gasteiger partial charge is 0.387 e. The number of aliphatic hydroxyl groups is 1. The predicted octanol–water partition coefficient (Wildman–Crippen LogP) is 4.28. The van der Waals surface area contributed by atoms with Crippen molar-refractivity contribution in [2.24, 2.45) is 0 Å². The number of nitrogens with one attached hydrogen (secondary N) is 2. The van der Waals surface area contributed by atoms with E-state index in [1.54, 1.807) is 23.9 Å². The molecule has 2 rings (SSSR count). The standard InChI is InChI=1S/C17H17F3N2O2S/c1-25-14-7-5-11(6-8-14)15(23)10-21-16(24)22-13-4-2-3-12(9-13)17(18,19)20/h2-9,15,23H,10H2,1H3,(H2,21,22,24). The van der Waals surface area contributed by atoms with Crippen molar-refractivity contribution in [1.29, 1.82) is 0 Å². The van der Waals surface area contributed by atoms with Gasteiger partial charge in [-0.25, -0.2) is 4.79 Å². The maximum atomic E-state index is 12.6. The first-order valence-electron chi connectivity index (χ1n) is 7.33. The van der Waals surface area contributed by atoms with Crippen LogP contribution in [0.5, 0.6) is 0 Å². The van der Waals surface area contributed by atoms with Crippen molar-refractivity contribution in [3.63, 3.8) is 0 Å². The highest BCUT2D eigenvalue weighted by molar-refractivity contribution is 7.98. The summed E-state index contributed by atoms with van der Waals surface area (Å²) in [5.41, 5.74) is -0.192. The first kappa shape index (κ1) is 19.1. The Morgan fingerprint density at radius 1 is 1.20 bits per heavy atom. The van der Waals surface area contributed by atoms with Crippen LogP contribution in [0.1, 0.15) is 17.2 Å². The fourth-order valence-electron chi connectivity index (χ4n) is 2.08. The molecule has 1 atom stereocenters. The van der Waals surface area contributed by atoms with Crippen LogP contribution in [0.4, 0.5) is 23.7 Å². The molecule has 134 valence electrons. The number of benzene rings is 2. The summed E-state index contributed by atoms with van der Waals surface area (Å²) in [6.45, 7) is -0.0661. The molecule has 0 saturated carbocycles. The van der Waals surface area contributed by atoms with Crippen molar-refractivity contribution in [3.05, 3.63) is 59.7 Å². The van der Waals surface area contributed by atoms with Crippen LogP contribution in [-0.2, 0) is 6.18 Å². The van der Waals surface area contributed by atoms with Crippen LogP contribution >= 0.6 is 11.8 Å². The number of halogens is 3.